The minimum atomic E-state index is -3.95. The van der Waals surface area contributed by atoms with Gasteiger partial charge >= 0.3 is 0 Å². The molecule has 0 aliphatic rings. The molecule has 0 aromatic rings. The number of rotatable bonds is 21. The van der Waals surface area contributed by atoms with Gasteiger partial charge in [-0.15, -0.1) is 0 Å². The lowest BCUT2D eigenvalue weighted by Crippen LogP contribution is -2.20. The SMILES string of the molecule is CCCCCCCCCCCCCCCC(CCCCC(O)CC)S(=O)(=O)O. The molecule has 0 fully saturated rings. The summed E-state index contributed by atoms with van der Waals surface area (Å²) in [6, 6.07) is 0. The van der Waals surface area contributed by atoms with Crippen LogP contribution >= 0.6 is 0 Å². The first kappa shape index (κ1) is 27.9. The molecule has 0 saturated heterocycles. The third kappa shape index (κ3) is 17.9. The summed E-state index contributed by atoms with van der Waals surface area (Å²) in [5, 5.41) is 8.93. The zero-order chi connectivity index (χ0) is 21.1. The van der Waals surface area contributed by atoms with E-state index in [0.717, 1.165) is 38.5 Å². The van der Waals surface area contributed by atoms with Crippen LogP contribution in [0.1, 0.15) is 136 Å². The van der Waals surface area contributed by atoms with E-state index in [0.29, 0.717) is 19.3 Å². The molecule has 0 radical (unpaired) electrons. The summed E-state index contributed by atoms with van der Waals surface area (Å²) in [5.41, 5.74) is 0. The van der Waals surface area contributed by atoms with Crippen LogP contribution in [0.3, 0.4) is 0 Å². The fourth-order valence-corrected chi connectivity index (χ4v) is 4.72. The van der Waals surface area contributed by atoms with E-state index < -0.39 is 15.4 Å². The van der Waals surface area contributed by atoms with Crippen molar-refractivity contribution in [1.29, 1.82) is 0 Å². The molecule has 2 N–H and O–H groups in total. The third-order valence-corrected chi connectivity index (χ3v) is 7.15. The van der Waals surface area contributed by atoms with Gasteiger partial charge in [0.05, 0.1) is 11.4 Å². The maximum absolute atomic E-state index is 11.6. The van der Waals surface area contributed by atoms with E-state index in [4.69, 9.17) is 0 Å². The molecule has 0 aliphatic heterocycles. The fraction of sp³-hybridized carbons (Fsp3) is 1.00. The molecule has 170 valence electrons. The van der Waals surface area contributed by atoms with Crippen LogP contribution in [0, 0.1) is 0 Å². The summed E-state index contributed by atoms with van der Waals surface area (Å²) >= 11 is 0. The highest BCUT2D eigenvalue weighted by molar-refractivity contribution is 7.86. The van der Waals surface area contributed by atoms with Gasteiger partial charge in [-0.05, 0) is 25.7 Å². The summed E-state index contributed by atoms with van der Waals surface area (Å²) in [4.78, 5) is 0. The molecule has 5 heteroatoms. The van der Waals surface area contributed by atoms with E-state index in [1.54, 1.807) is 0 Å². The van der Waals surface area contributed by atoms with Gasteiger partial charge in [-0.2, -0.15) is 8.42 Å². The Hall–Kier alpha value is -0.130. The highest BCUT2D eigenvalue weighted by atomic mass is 32.2. The van der Waals surface area contributed by atoms with Crippen molar-refractivity contribution in [3.63, 3.8) is 0 Å². The number of aliphatic hydroxyl groups excluding tert-OH is 1. The maximum atomic E-state index is 11.6. The van der Waals surface area contributed by atoms with Crippen LogP contribution in [0.2, 0.25) is 0 Å². The topological polar surface area (TPSA) is 74.6 Å². The van der Waals surface area contributed by atoms with Crippen LogP contribution in [0.15, 0.2) is 0 Å². The van der Waals surface area contributed by atoms with Crippen molar-refractivity contribution in [3.8, 4) is 0 Å². The summed E-state index contributed by atoms with van der Waals surface area (Å²) in [6.07, 6.45) is 20.3. The van der Waals surface area contributed by atoms with Crippen molar-refractivity contribution in [2.75, 3.05) is 0 Å². The van der Waals surface area contributed by atoms with Gasteiger partial charge in [0.15, 0.2) is 0 Å². The normalized spacial score (nSPS) is 14.3. The molecule has 0 rings (SSSR count). The second kappa shape index (κ2) is 18.9. The van der Waals surface area contributed by atoms with Crippen molar-refractivity contribution < 1.29 is 18.1 Å². The molecule has 0 heterocycles. The Labute approximate surface area is 175 Å². The summed E-state index contributed by atoms with van der Waals surface area (Å²) in [6.45, 7) is 4.20. The number of aliphatic hydroxyl groups is 1. The fourth-order valence-electron chi connectivity index (χ4n) is 3.79. The molecule has 0 bridgehead atoms. The van der Waals surface area contributed by atoms with Crippen molar-refractivity contribution >= 4 is 10.1 Å². The van der Waals surface area contributed by atoms with Gasteiger partial charge in [0, 0.05) is 0 Å². The molecule has 0 aromatic heterocycles. The highest BCUT2D eigenvalue weighted by Gasteiger charge is 2.21. The van der Waals surface area contributed by atoms with Gasteiger partial charge < -0.3 is 5.11 Å². The second-order valence-electron chi connectivity index (χ2n) is 8.51. The Kier molecular flexibility index (Phi) is 18.8. The predicted octanol–water partition coefficient (Wildman–Crippen LogP) is 7.06. The summed E-state index contributed by atoms with van der Waals surface area (Å²) in [5.74, 6) is 0. The molecule has 2 atom stereocenters. The van der Waals surface area contributed by atoms with Crippen molar-refractivity contribution in [2.24, 2.45) is 0 Å². The van der Waals surface area contributed by atoms with E-state index in [1.165, 1.54) is 64.2 Å². The van der Waals surface area contributed by atoms with Crippen molar-refractivity contribution in [3.05, 3.63) is 0 Å². The first-order valence-electron chi connectivity index (χ1n) is 12.1. The average Bonchev–Trinajstić information content (AvgIpc) is 2.65. The molecular weight excluding hydrogens is 372 g/mol. The highest BCUT2D eigenvalue weighted by Crippen LogP contribution is 2.19. The molecule has 28 heavy (non-hydrogen) atoms. The van der Waals surface area contributed by atoms with Crippen LogP contribution in [0.5, 0.6) is 0 Å². The molecule has 0 aromatic carbocycles. The van der Waals surface area contributed by atoms with Gasteiger partial charge in [-0.3, -0.25) is 4.55 Å². The van der Waals surface area contributed by atoms with Crippen LogP contribution in [-0.4, -0.2) is 29.4 Å². The Bertz CT molecular complexity index is 422. The quantitative estimate of drug-likeness (QED) is 0.154. The lowest BCUT2D eigenvalue weighted by molar-refractivity contribution is 0.156. The molecule has 0 spiro atoms. The van der Waals surface area contributed by atoms with Gasteiger partial charge in [0.1, 0.15) is 0 Å². The summed E-state index contributed by atoms with van der Waals surface area (Å²) in [7, 11) is -3.95. The monoisotopic (exact) mass is 420 g/mol. The van der Waals surface area contributed by atoms with E-state index >= 15 is 0 Å². The molecule has 0 saturated carbocycles. The third-order valence-electron chi connectivity index (χ3n) is 5.84. The van der Waals surface area contributed by atoms with Crippen molar-refractivity contribution in [2.45, 2.75) is 147 Å². The first-order valence-corrected chi connectivity index (χ1v) is 13.6. The molecule has 2 unspecified atom stereocenters. The lowest BCUT2D eigenvalue weighted by Gasteiger charge is -2.14. The summed E-state index contributed by atoms with van der Waals surface area (Å²) < 4.78 is 32.6. The van der Waals surface area contributed by atoms with E-state index in [-0.39, 0.29) is 6.10 Å². The minimum absolute atomic E-state index is 0.287. The van der Waals surface area contributed by atoms with E-state index in [9.17, 15) is 18.1 Å². The largest absolute Gasteiger partial charge is 0.393 e. The molecule has 4 nitrogen and oxygen atoms in total. The standard InChI is InChI=1S/C23H48O4S/c1-3-5-6-7-8-9-10-11-12-13-14-15-16-20-23(28(25,26)27)21-18-17-19-22(24)4-2/h22-24H,3-21H2,1-2H3,(H,25,26,27). The zero-order valence-electron chi connectivity index (χ0n) is 18.7. The van der Waals surface area contributed by atoms with E-state index in [1.807, 2.05) is 6.92 Å². The predicted molar refractivity (Wildman–Crippen MR) is 120 cm³/mol. The van der Waals surface area contributed by atoms with Crippen LogP contribution in [-0.2, 0) is 10.1 Å². The van der Waals surface area contributed by atoms with E-state index in [2.05, 4.69) is 6.92 Å². The Balaban J connectivity index is 3.62. The smallest absolute Gasteiger partial charge is 0.267 e. The van der Waals surface area contributed by atoms with Gasteiger partial charge in [0.2, 0.25) is 0 Å². The second-order valence-corrected chi connectivity index (χ2v) is 10.2. The maximum Gasteiger partial charge on any atom is 0.267 e. The minimum Gasteiger partial charge on any atom is -0.393 e. The first-order chi connectivity index (χ1) is 13.4. The number of hydrogen-bond donors (Lipinski definition) is 2. The molecule has 0 amide bonds. The molecule has 0 aliphatic carbocycles. The molecular formula is C23H48O4S. The zero-order valence-corrected chi connectivity index (χ0v) is 19.5. The Morgan fingerprint density at radius 3 is 1.36 bits per heavy atom. The lowest BCUT2D eigenvalue weighted by atomic mass is 10.0. The Morgan fingerprint density at radius 2 is 0.964 bits per heavy atom. The number of unbranched alkanes of at least 4 members (excludes halogenated alkanes) is 13. The Morgan fingerprint density at radius 1 is 0.607 bits per heavy atom. The van der Waals surface area contributed by atoms with Crippen LogP contribution in [0.25, 0.3) is 0 Å². The van der Waals surface area contributed by atoms with Gasteiger partial charge in [0.25, 0.3) is 10.1 Å². The van der Waals surface area contributed by atoms with Crippen LogP contribution in [0.4, 0.5) is 0 Å². The van der Waals surface area contributed by atoms with Gasteiger partial charge in [-0.25, -0.2) is 0 Å². The van der Waals surface area contributed by atoms with Crippen molar-refractivity contribution in [1.82, 2.24) is 0 Å². The van der Waals surface area contributed by atoms with Gasteiger partial charge in [-0.1, -0.05) is 110 Å². The number of hydrogen-bond acceptors (Lipinski definition) is 3. The van der Waals surface area contributed by atoms with Crippen LogP contribution < -0.4 is 0 Å². The average molecular weight is 421 g/mol.